The third-order valence-electron chi connectivity index (χ3n) is 5.07. The number of aromatic nitrogens is 4. The molecule has 0 saturated carbocycles. The lowest BCUT2D eigenvalue weighted by molar-refractivity contribution is 0.260. The summed E-state index contributed by atoms with van der Waals surface area (Å²) in [4.78, 5) is 16.0. The number of nitrogens with one attached hydrogen (secondary N) is 1. The highest BCUT2D eigenvalue weighted by molar-refractivity contribution is 5.29. The van der Waals surface area contributed by atoms with Crippen molar-refractivity contribution in [1.29, 1.82) is 0 Å². The molecule has 0 radical (unpaired) electrons. The van der Waals surface area contributed by atoms with Crippen molar-refractivity contribution >= 4 is 5.82 Å². The second kappa shape index (κ2) is 8.43. The Labute approximate surface area is 150 Å². The Morgan fingerprint density at radius 2 is 2.04 bits per heavy atom. The van der Waals surface area contributed by atoms with Crippen molar-refractivity contribution in [2.45, 2.75) is 52.1 Å². The van der Waals surface area contributed by atoms with Crippen LogP contribution in [-0.2, 0) is 13.0 Å². The van der Waals surface area contributed by atoms with E-state index in [1.54, 1.807) is 0 Å². The summed E-state index contributed by atoms with van der Waals surface area (Å²) in [7, 11) is 1.87. The van der Waals surface area contributed by atoms with Crippen LogP contribution in [0.15, 0.2) is 24.8 Å². The van der Waals surface area contributed by atoms with Gasteiger partial charge in [0.1, 0.15) is 11.6 Å². The Kier molecular flexibility index (Phi) is 6.02. The Morgan fingerprint density at radius 1 is 1.16 bits per heavy atom. The van der Waals surface area contributed by atoms with Crippen molar-refractivity contribution in [3.8, 4) is 0 Å². The second-order valence-corrected chi connectivity index (χ2v) is 7.26. The van der Waals surface area contributed by atoms with Gasteiger partial charge in [-0.05, 0) is 58.5 Å². The standard InChI is InChI=1S/C19H30N6/c1-15(2)25-10-7-21-19(25)14-24-8-4-5-16(6-9-24)11-17-12-23-18(20-3)13-22-17/h7,10,12-13,15-16H,4-6,8-9,11,14H2,1-3H3,(H,20,23). The van der Waals surface area contributed by atoms with E-state index in [1.807, 2.05) is 25.6 Å². The van der Waals surface area contributed by atoms with Gasteiger partial charge in [0.05, 0.1) is 24.6 Å². The lowest BCUT2D eigenvalue weighted by atomic mass is 9.95. The molecule has 0 aliphatic carbocycles. The molecule has 1 saturated heterocycles. The average Bonchev–Trinajstić information content (AvgIpc) is 2.97. The fraction of sp³-hybridized carbons (Fsp3) is 0.632. The van der Waals surface area contributed by atoms with Crippen LogP contribution in [0, 0.1) is 5.92 Å². The molecular formula is C19H30N6. The largest absolute Gasteiger partial charge is 0.372 e. The fourth-order valence-corrected chi connectivity index (χ4v) is 3.61. The van der Waals surface area contributed by atoms with Gasteiger partial charge in [-0.15, -0.1) is 0 Å². The molecule has 0 spiro atoms. The molecule has 1 atom stereocenters. The summed E-state index contributed by atoms with van der Waals surface area (Å²) in [5.74, 6) is 2.71. The van der Waals surface area contributed by atoms with Gasteiger partial charge >= 0.3 is 0 Å². The molecule has 1 N–H and O–H groups in total. The third-order valence-corrected chi connectivity index (χ3v) is 5.07. The Bertz CT molecular complexity index is 648. The third kappa shape index (κ3) is 4.78. The highest BCUT2D eigenvalue weighted by Crippen LogP contribution is 2.22. The number of anilines is 1. The first-order chi connectivity index (χ1) is 12.2. The monoisotopic (exact) mass is 342 g/mol. The van der Waals surface area contributed by atoms with E-state index in [-0.39, 0.29) is 0 Å². The van der Waals surface area contributed by atoms with Crippen molar-refractivity contribution in [2.75, 3.05) is 25.5 Å². The Morgan fingerprint density at radius 3 is 2.76 bits per heavy atom. The maximum Gasteiger partial charge on any atom is 0.144 e. The van der Waals surface area contributed by atoms with Crippen LogP contribution in [0.3, 0.4) is 0 Å². The number of nitrogens with zero attached hydrogens (tertiary/aromatic N) is 5. The van der Waals surface area contributed by atoms with Gasteiger partial charge in [0.15, 0.2) is 0 Å². The summed E-state index contributed by atoms with van der Waals surface area (Å²) in [5, 5.41) is 3.02. The van der Waals surface area contributed by atoms with E-state index >= 15 is 0 Å². The average molecular weight is 342 g/mol. The van der Waals surface area contributed by atoms with E-state index in [1.165, 1.54) is 25.1 Å². The molecule has 136 valence electrons. The number of likely N-dealkylation sites (tertiary alicyclic amines) is 1. The molecule has 1 fully saturated rings. The van der Waals surface area contributed by atoms with Crippen LogP contribution in [-0.4, -0.2) is 44.6 Å². The molecule has 0 bridgehead atoms. The lowest BCUT2D eigenvalue weighted by Crippen LogP contribution is -2.26. The van der Waals surface area contributed by atoms with Gasteiger partial charge < -0.3 is 9.88 Å². The van der Waals surface area contributed by atoms with Gasteiger partial charge in [-0.3, -0.25) is 9.88 Å². The first-order valence-electron chi connectivity index (χ1n) is 9.38. The summed E-state index contributed by atoms with van der Waals surface area (Å²) in [6, 6.07) is 0.469. The van der Waals surface area contributed by atoms with Crippen LogP contribution in [0.5, 0.6) is 0 Å². The lowest BCUT2D eigenvalue weighted by Gasteiger charge is -2.21. The molecule has 25 heavy (non-hydrogen) atoms. The summed E-state index contributed by atoms with van der Waals surface area (Å²) in [6.45, 7) is 7.67. The molecule has 6 nitrogen and oxygen atoms in total. The van der Waals surface area contributed by atoms with Gasteiger partial charge in [0, 0.05) is 25.5 Å². The summed E-state index contributed by atoms with van der Waals surface area (Å²) in [6.07, 6.45) is 12.5. The van der Waals surface area contributed by atoms with E-state index < -0.39 is 0 Å². The predicted octanol–water partition coefficient (Wildman–Crippen LogP) is 3.14. The number of imidazole rings is 1. The van der Waals surface area contributed by atoms with Crippen LogP contribution in [0.25, 0.3) is 0 Å². The SMILES string of the molecule is CNc1cnc(CC2CCCN(Cc3nccn3C(C)C)CC2)cn1. The fourth-order valence-electron chi connectivity index (χ4n) is 3.61. The molecule has 1 aliphatic rings. The molecule has 3 heterocycles. The molecule has 0 aromatic carbocycles. The molecule has 2 aromatic rings. The topological polar surface area (TPSA) is 58.9 Å². The van der Waals surface area contributed by atoms with E-state index in [0.717, 1.165) is 37.6 Å². The van der Waals surface area contributed by atoms with Gasteiger partial charge in [0.2, 0.25) is 0 Å². The number of hydrogen-bond acceptors (Lipinski definition) is 5. The maximum atomic E-state index is 4.56. The second-order valence-electron chi connectivity index (χ2n) is 7.26. The minimum absolute atomic E-state index is 0.469. The van der Waals surface area contributed by atoms with E-state index in [2.05, 4.69) is 49.8 Å². The van der Waals surface area contributed by atoms with Crippen LogP contribution >= 0.6 is 0 Å². The zero-order valence-corrected chi connectivity index (χ0v) is 15.6. The highest BCUT2D eigenvalue weighted by atomic mass is 15.2. The first-order valence-corrected chi connectivity index (χ1v) is 9.38. The zero-order valence-electron chi connectivity index (χ0n) is 15.6. The molecule has 1 aliphatic heterocycles. The molecule has 6 heteroatoms. The zero-order chi connectivity index (χ0) is 17.6. The van der Waals surface area contributed by atoms with Gasteiger partial charge in [-0.1, -0.05) is 0 Å². The predicted molar refractivity (Wildman–Crippen MR) is 101 cm³/mol. The Hall–Kier alpha value is -1.95. The van der Waals surface area contributed by atoms with Gasteiger partial charge in [0.25, 0.3) is 0 Å². The van der Waals surface area contributed by atoms with Crippen molar-refractivity contribution in [1.82, 2.24) is 24.4 Å². The van der Waals surface area contributed by atoms with Gasteiger partial charge in [-0.25, -0.2) is 9.97 Å². The number of rotatable bonds is 6. The van der Waals surface area contributed by atoms with Crippen LogP contribution < -0.4 is 5.32 Å². The smallest absolute Gasteiger partial charge is 0.144 e. The maximum absolute atomic E-state index is 4.56. The van der Waals surface area contributed by atoms with Crippen LogP contribution in [0.2, 0.25) is 0 Å². The van der Waals surface area contributed by atoms with Gasteiger partial charge in [-0.2, -0.15) is 0 Å². The summed E-state index contributed by atoms with van der Waals surface area (Å²) >= 11 is 0. The minimum atomic E-state index is 0.469. The molecule has 3 rings (SSSR count). The molecule has 1 unspecified atom stereocenters. The summed E-state index contributed by atoms with van der Waals surface area (Å²) < 4.78 is 2.28. The van der Waals surface area contributed by atoms with Crippen LogP contribution in [0.1, 0.15) is 50.7 Å². The summed E-state index contributed by atoms with van der Waals surface area (Å²) in [5.41, 5.74) is 1.10. The number of hydrogen-bond donors (Lipinski definition) is 1. The van der Waals surface area contributed by atoms with E-state index in [4.69, 9.17) is 0 Å². The normalized spacial score (nSPS) is 19.1. The molecule has 2 aromatic heterocycles. The molecule has 0 amide bonds. The quantitative estimate of drug-likeness (QED) is 0.874. The van der Waals surface area contributed by atoms with Crippen molar-refractivity contribution in [3.05, 3.63) is 36.3 Å². The van der Waals surface area contributed by atoms with E-state index in [0.29, 0.717) is 12.0 Å². The highest BCUT2D eigenvalue weighted by Gasteiger charge is 2.19. The van der Waals surface area contributed by atoms with Crippen molar-refractivity contribution in [3.63, 3.8) is 0 Å². The van der Waals surface area contributed by atoms with E-state index in [9.17, 15) is 0 Å². The first kappa shape index (κ1) is 17.9. The minimum Gasteiger partial charge on any atom is -0.372 e. The molecular weight excluding hydrogens is 312 g/mol. The van der Waals surface area contributed by atoms with Crippen LogP contribution in [0.4, 0.5) is 5.82 Å². The van der Waals surface area contributed by atoms with Crippen molar-refractivity contribution in [2.24, 2.45) is 5.92 Å². The van der Waals surface area contributed by atoms with Crippen molar-refractivity contribution < 1.29 is 0 Å². The Balaban J connectivity index is 1.54.